The van der Waals surface area contributed by atoms with Crippen molar-refractivity contribution in [2.24, 2.45) is 0 Å². The fourth-order valence-corrected chi connectivity index (χ4v) is 4.79. The Morgan fingerprint density at radius 2 is 2.30 bits per heavy atom. The van der Waals surface area contributed by atoms with Crippen molar-refractivity contribution in [2.45, 2.75) is 58.2 Å². The number of hydrogen-bond acceptors (Lipinski definition) is 5. The third-order valence-electron chi connectivity index (χ3n) is 5.55. The van der Waals surface area contributed by atoms with Crippen molar-refractivity contribution >= 4 is 17.2 Å². The van der Waals surface area contributed by atoms with Crippen LogP contribution < -0.4 is 5.56 Å². The van der Waals surface area contributed by atoms with Gasteiger partial charge in [0.25, 0.3) is 5.56 Å². The lowest BCUT2D eigenvalue weighted by Crippen LogP contribution is -2.40. The Hall–Kier alpha value is -1.99. The minimum absolute atomic E-state index is 0.0774. The number of nitrogens with zero attached hydrogens (tertiary/aromatic N) is 3. The molecule has 0 aliphatic carbocycles. The molecular formula is C20H26N4O2S. The van der Waals surface area contributed by atoms with Crippen molar-refractivity contribution < 1.29 is 4.79 Å². The molecule has 0 bridgehead atoms. The molecule has 2 aromatic rings. The molecular weight excluding hydrogens is 360 g/mol. The maximum absolute atomic E-state index is 12.7. The monoisotopic (exact) mass is 386 g/mol. The fourth-order valence-electron chi connectivity index (χ4n) is 4.13. The summed E-state index contributed by atoms with van der Waals surface area (Å²) in [6, 6.07) is 2.33. The molecule has 0 spiro atoms. The largest absolute Gasteiger partial charge is 0.338 e. The molecule has 1 amide bonds. The highest BCUT2D eigenvalue weighted by Crippen LogP contribution is 2.31. The Kier molecular flexibility index (Phi) is 5.41. The number of nitrogens with one attached hydrogen (secondary N) is 1. The second-order valence-electron chi connectivity index (χ2n) is 7.45. The van der Waals surface area contributed by atoms with Gasteiger partial charge in [-0.15, -0.1) is 0 Å². The fraction of sp³-hybridized carbons (Fsp3) is 0.550. The lowest BCUT2D eigenvalue weighted by atomic mass is 10.1. The maximum atomic E-state index is 12.7. The van der Waals surface area contributed by atoms with Gasteiger partial charge in [0.2, 0.25) is 5.91 Å². The van der Waals surface area contributed by atoms with Gasteiger partial charge in [-0.25, -0.2) is 4.98 Å². The van der Waals surface area contributed by atoms with Crippen LogP contribution in [0.1, 0.15) is 61.3 Å². The number of hydrogen-bond donors (Lipinski definition) is 1. The van der Waals surface area contributed by atoms with Gasteiger partial charge in [-0.3, -0.25) is 14.5 Å². The highest BCUT2D eigenvalue weighted by Gasteiger charge is 2.30. The molecule has 27 heavy (non-hydrogen) atoms. The first-order chi connectivity index (χ1) is 13.2. The molecule has 1 fully saturated rings. The summed E-state index contributed by atoms with van der Waals surface area (Å²) in [6.45, 7) is 4.97. The first kappa shape index (κ1) is 18.4. The first-order valence-electron chi connectivity index (χ1n) is 9.80. The van der Waals surface area contributed by atoms with Crippen LogP contribution in [0.25, 0.3) is 0 Å². The minimum Gasteiger partial charge on any atom is -0.338 e. The number of aromatic nitrogens is 2. The van der Waals surface area contributed by atoms with E-state index >= 15 is 0 Å². The van der Waals surface area contributed by atoms with E-state index in [-0.39, 0.29) is 17.5 Å². The smallest absolute Gasteiger partial charge is 0.256 e. The van der Waals surface area contributed by atoms with Crippen LogP contribution in [0.5, 0.6) is 0 Å². The standard InChI is InChI=1S/C20H26N4O2S/c1-2-4-18(25)24-9-6-16-15(12-24)20(26)22-19(21-16)17-5-3-8-23(17)11-14-7-10-27-13-14/h7,10,13,17H,2-6,8-9,11-12H2,1H3,(H,21,22,26)/t17-/m0/s1. The van der Waals surface area contributed by atoms with Gasteiger partial charge in [-0.1, -0.05) is 6.92 Å². The Labute approximate surface area is 163 Å². The molecule has 2 aromatic heterocycles. The first-order valence-corrected chi connectivity index (χ1v) is 10.7. The predicted molar refractivity (Wildman–Crippen MR) is 106 cm³/mol. The number of fused-ring (bicyclic) bond motifs is 1. The maximum Gasteiger partial charge on any atom is 0.256 e. The number of carbonyl (C=O) groups excluding carboxylic acids is 1. The van der Waals surface area contributed by atoms with Crippen LogP contribution in [0.15, 0.2) is 21.6 Å². The SMILES string of the molecule is CCCC(=O)N1CCc2nc([C@@H]3CCCN3Cc3ccsc3)[nH]c(=O)c2C1. The summed E-state index contributed by atoms with van der Waals surface area (Å²) in [5.74, 6) is 0.921. The van der Waals surface area contributed by atoms with Crippen molar-refractivity contribution in [1.82, 2.24) is 19.8 Å². The van der Waals surface area contributed by atoms with E-state index in [1.807, 2.05) is 6.92 Å². The average molecular weight is 387 g/mol. The highest BCUT2D eigenvalue weighted by atomic mass is 32.1. The van der Waals surface area contributed by atoms with Gasteiger partial charge in [-0.05, 0) is 48.2 Å². The third-order valence-corrected chi connectivity index (χ3v) is 6.28. The van der Waals surface area contributed by atoms with Crippen molar-refractivity contribution in [3.8, 4) is 0 Å². The van der Waals surface area contributed by atoms with Gasteiger partial charge in [-0.2, -0.15) is 11.3 Å². The number of H-pyrrole nitrogens is 1. The van der Waals surface area contributed by atoms with Crippen LogP contribution in [0.4, 0.5) is 0 Å². The molecule has 0 radical (unpaired) electrons. The van der Waals surface area contributed by atoms with Gasteiger partial charge in [0.1, 0.15) is 5.82 Å². The van der Waals surface area contributed by atoms with Gasteiger partial charge >= 0.3 is 0 Å². The second kappa shape index (κ2) is 7.94. The average Bonchev–Trinajstić information content (AvgIpc) is 3.34. The van der Waals surface area contributed by atoms with E-state index in [1.54, 1.807) is 16.2 Å². The molecule has 0 unspecified atom stereocenters. The van der Waals surface area contributed by atoms with E-state index in [2.05, 4.69) is 26.7 Å². The molecule has 1 saturated heterocycles. The number of aromatic amines is 1. The summed E-state index contributed by atoms with van der Waals surface area (Å²) >= 11 is 1.71. The van der Waals surface area contributed by atoms with Crippen LogP contribution in [-0.2, 0) is 24.3 Å². The number of carbonyl (C=O) groups is 1. The highest BCUT2D eigenvalue weighted by molar-refractivity contribution is 7.07. The summed E-state index contributed by atoms with van der Waals surface area (Å²) in [4.78, 5) is 37.0. The molecule has 4 rings (SSSR count). The van der Waals surface area contributed by atoms with E-state index < -0.39 is 0 Å². The van der Waals surface area contributed by atoms with Crippen LogP contribution in [0.2, 0.25) is 0 Å². The molecule has 2 aliphatic rings. The zero-order valence-electron chi connectivity index (χ0n) is 15.7. The van der Waals surface area contributed by atoms with Crippen molar-refractivity contribution in [2.75, 3.05) is 13.1 Å². The van der Waals surface area contributed by atoms with E-state index in [4.69, 9.17) is 4.98 Å². The molecule has 4 heterocycles. The van der Waals surface area contributed by atoms with E-state index in [1.165, 1.54) is 5.56 Å². The lowest BCUT2D eigenvalue weighted by molar-refractivity contribution is -0.132. The van der Waals surface area contributed by atoms with Gasteiger partial charge in [0, 0.05) is 25.9 Å². The quantitative estimate of drug-likeness (QED) is 0.858. The minimum atomic E-state index is -0.0774. The van der Waals surface area contributed by atoms with E-state index in [0.29, 0.717) is 31.5 Å². The zero-order valence-corrected chi connectivity index (χ0v) is 16.6. The van der Waals surface area contributed by atoms with Crippen molar-refractivity contribution in [3.63, 3.8) is 0 Å². The second-order valence-corrected chi connectivity index (χ2v) is 8.23. The number of rotatable bonds is 5. The summed E-state index contributed by atoms with van der Waals surface area (Å²) in [6.07, 6.45) is 4.18. The van der Waals surface area contributed by atoms with Crippen LogP contribution >= 0.6 is 11.3 Å². The van der Waals surface area contributed by atoms with Crippen molar-refractivity contribution in [3.05, 3.63) is 49.8 Å². The summed E-state index contributed by atoms with van der Waals surface area (Å²) in [7, 11) is 0. The molecule has 1 atom stereocenters. The molecule has 0 saturated carbocycles. The Bertz CT molecular complexity index is 861. The topological polar surface area (TPSA) is 69.3 Å². The normalized spacial score (nSPS) is 20.0. The summed E-state index contributed by atoms with van der Waals surface area (Å²) in [5, 5.41) is 4.28. The summed E-state index contributed by atoms with van der Waals surface area (Å²) < 4.78 is 0. The van der Waals surface area contributed by atoms with Gasteiger partial charge in [0.15, 0.2) is 0 Å². The summed E-state index contributed by atoms with van der Waals surface area (Å²) in [5.41, 5.74) is 2.78. The van der Waals surface area contributed by atoms with Crippen molar-refractivity contribution in [1.29, 1.82) is 0 Å². The van der Waals surface area contributed by atoms with E-state index in [9.17, 15) is 9.59 Å². The predicted octanol–water partition coefficient (Wildman–Crippen LogP) is 2.85. The van der Waals surface area contributed by atoms with Crippen LogP contribution in [-0.4, -0.2) is 38.8 Å². The van der Waals surface area contributed by atoms with Gasteiger partial charge < -0.3 is 9.88 Å². The molecule has 7 heteroatoms. The zero-order chi connectivity index (χ0) is 18.8. The molecule has 144 valence electrons. The molecule has 2 aliphatic heterocycles. The number of thiophene rings is 1. The number of likely N-dealkylation sites (tertiary alicyclic amines) is 1. The molecule has 1 N–H and O–H groups in total. The Morgan fingerprint density at radius 1 is 1.41 bits per heavy atom. The molecule has 6 nitrogen and oxygen atoms in total. The van der Waals surface area contributed by atoms with Gasteiger partial charge in [0.05, 0.1) is 23.8 Å². The number of amides is 1. The molecule has 0 aromatic carbocycles. The van der Waals surface area contributed by atoms with Crippen LogP contribution in [0, 0.1) is 0 Å². The van der Waals surface area contributed by atoms with E-state index in [0.717, 1.165) is 43.9 Å². The Morgan fingerprint density at radius 3 is 3.07 bits per heavy atom. The third kappa shape index (κ3) is 3.84. The Balaban J connectivity index is 1.55. The lowest BCUT2D eigenvalue weighted by Gasteiger charge is -2.29. The van der Waals surface area contributed by atoms with Crippen LogP contribution in [0.3, 0.4) is 0 Å².